The summed E-state index contributed by atoms with van der Waals surface area (Å²) in [6, 6.07) is 54.0. The molecule has 0 spiro atoms. The smallest absolute Gasteiger partial charge is 0.0541 e. The molecule has 0 aliphatic carbocycles. The Bertz CT molecular complexity index is 2470. The molecule has 0 atom stereocenters. The third kappa shape index (κ3) is 3.94. The number of nitrogens with zero attached hydrogens (tertiary/aromatic N) is 1. The van der Waals surface area contributed by atoms with Gasteiger partial charge in [0.2, 0.25) is 0 Å². The second-order valence-corrected chi connectivity index (χ2v) is 13.4. The average molecular weight is 576 g/mol. The highest BCUT2D eigenvalue weighted by atomic mass is 15.0. The van der Waals surface area contributed by atoms with E-state index in [0.717, 1.165) is 0 Å². The summed E-state index contributed by atoms with van der Waals surface area (Å²) in [5, 5.41) is 10.5. The fourth-order valence-corrected chi connectivity index (χ4v) is 7.43. The Hall–Kier alpha value is -5.40. The molecule has 1 heteroatoms. The Morgan fingerprint density at radius 3 is 1.49 bits per heavy atom. The fourth-order valence-electron chi connectivity index (χ4n) is 7.43. The molecule has 45 heavy (non-hydrogen) atoms. The molecule has 0 aliphatic heterocycles. The molecule has 214 valence electrons. The minimum atomic E-state index is 0.0862. The van der Waals surface area contributed by atoms with Crippen molar-refractivity contribution in [1.29, 1.82) is 0 Å². The lowest BCUT2D eigenvalue weighted by molar-refractivity contribution is 0.591. The summed E-state index contributed by atoms with van der Waals surface area (Å²) in [6.07, 6.45) is 0. The van der Waals surface area contributed by atoms with E-state index in [0.29, 0.717) is 0 Å². The Morgan fingerprint density at radius 1 is 0.422 bits per heavy atom. The minimum Gasteiger partial charge on any atom is -0.309 e. The maximum absolute atomic E-state index is 2.41. The molecule has 0 unspecified atom stereocenters. The van der Waals surface area contributed by atoms with Gasteiger partial charge in [-0.1, -0.05) is 136 Å². The van der Waals surface area contributed by atoms with E-state index in [4.69, 9.17) is 0 Å². The van der Waals surface area contributed by atoms with E-state index in [2.05, 4.69) is 171 Å². The zero-order valence-electron chi connectivity index (χ0n) is 25.8. The second-order valence-electron chi connectivity index (χ2n) is 13.4. The molecule has 0 amide bonds. The Balaban J connectivity index is 1.30. The largest absolute Gasteiger partial charge is 0.309 e. The van der Waals surface area contributed by atoms with Gasteiger partial charge in [-0.05, 0) is 95.9 Å². The van der Waals surface area contributed by atoms with Crippen molar-refractivity contribution in [1.82, 2.24) is 4.57 Å². The van der Waals surface area contributed by atoms with Crippen molar-refractivity contribution in [2.75, 3.05) is 0 Å². The highest BCUT2D eigenvalue weighted by molar-refractivity contribution is 6.28. The van der Waals surface area contributed by atoms with Gasteiger partial charge in [0.05, 0.1) is 11.0 Å². The van der Waals surface area contributed by atoms with Crippen LogP contribution in [-0.4, -0.2) is 4.57 Å². The first-order valence-corrected chi connectivity index (χ1v) is 15.9. The zero-order chi connectivity index (χ0) is 30.3. The lowest BCUT2D eigenvalue weighted by Crippen LogP contribution is -2.10. The van der Waals surface area contributed by atoms with E-state index in [1.807, 2.05) is 0 Å². The molecule has 0 bridgehead atoms. The molecule has 9 rings (SSSR count). The zero-order valence-corrected chi connectivity index (χ0v) is 25.8. The van der Waals surface area contributed by atoms with Gasteiger partial charge in [0.15, 0.2) is 0 Å². The van der Waals surface area contributed by atoms with Gasteiger partial charge in [0.1, 0.15) is 0 Å². The van der Waals surface area contributed by atoms with Crippen LogP contribution >= 0.6 is 0 Å². The number of benzene rings is 8. The van der Waals surface area contributed by atoms with Crippen LogP contribution in [0.5, 0.6) is 0 Å². The molecule has 9 aromatic rings. The highest BCUT2D eigenvalue weighted by Gasteiger charge is 2.20. The quantitative estimate of drug-likeness (QED) is 0.185. The van der Waals surface area contributed by atoms with E-state index in [9.17, 15) is 0 Å². The topological polar surface area (TPSA) is 4.93 Å². The first-order chi connectivity index (χ1) is 22.0. The van der Waals surface area contributed by atoms with Crippen LogP contribution in [0.3, 0.4) is 0 Å². The van der Waals surface area contributed by atoms with E-state index < -0.39 is 0 Å². The second kappa shape index (κ2) is 9.55. The monoisotopic (exact) mass is 575 g/mol. The summed E-state index contributed by atoms with van der Waals surface area (Å²) in [5.41, 5.74) is 10.1. The Kier molecular flexibility index (Phi) is 5.53. The summed E-state index contributed by atoms with van der Waals surface area (Å²) in [5.74, 6) is 0. The minimum absolute atomic E-state index is 0.0862. The van der Waals surface area contributed by atoms with E-state index in [-0.39, 0.29) is 5.41 Å². The summed E-state index contributed by atoms with van der Waals surface area (Å²) in [6.45, 7) is 6.90. The van der Waals surface area contributed by atoms with Crippen molar-refractivity contribution in [3.05, 3.63) is 151 Å². The van der Waals surface area contributed by atoms with Gasteiger partial charge in [-0.25, -0.2) is 0 Å². The van der Waals surface area contributed by atoms with Crippen LogP contribution in [0.2, 0.25) is 0 Å². The average Bonchev–Trinajstić information content (AvgIpc) is 3.41. The Morgan fingerprint density at radius 2 is 0.933 bits per heavy atom. The molecule has 1 nitrogen and oxygen atoms in total. The number of aromatic nitrogens is 1. The van der Waals surface area contributed by atoms with Crippen molar-refractivity contribution < 1.29 is 0 Å². The maximum Gasteiger partial charge on any atom is 0.0541 e. The molecular formula is C44H33N. The number of para-hydroxylation sites is 2. The van der Waals surface area contributed by atoms with Crippen molar-refractivity contribution >= 4 is 54.1 Å². The van der Waals surface area contributed by atoms with Crippen LogP contribution in [0, 0.1) is 0 Å². The maximum atomic E-state index is 2.41. The van der Waals surface area contributed by atoms with E-state index in [1.165, 1.54) is 87.6 Å². The third-order valence-electron chi connectivity index (χ3n) is 9.68. The standard InChI is InChI=1S/C44H33N/c1-44(2,3)32-25-30-19-23-36-38(28-11-5-4-6-12-28)27-39(37-24-20-31(26-32)42(30)43(36)37)29-17-21-33(22-18-29)45-40-15-9-7-13-34(40)35-14-8-10-16-41(35)45/h4-27H,1-3H3. The molecule has 0 N–H and O–H groups in total. The van der Waals surface area contributed by atoms with Crippen LogP contribution in [-0.2, 0) is 5.41 Å². The molecule has 0 saturated carbocycles. The first-order valence-electron chi connectivity index (χ1n) is 15.9. The predicted octanol–water partition coefficient (Wildman–Crippen LogP) is 12.3. The van der Waals surface area contributed by atoms with Gasteiger partial charge < -0.3 is 4.57 Å². The lowest BCUT2D eigenvalue weighted by Gasteiger charge is -2.23. The first kappa shape index (κ1) is 26.0. The van der Waals surface area contributed by atoms with Crippen molar-refractivity contribution in [2.45, 2.75) is 26.2 Å². The van der Waals surface area contributed by atoms with Gasteiger partial charge in [0, 0.05) is 16.5 Å². The lowest BCUT2D eigenvalue weighted by atomic mass is 9.81. The third-order valence-corrected chi connectivity index (χ3v) is 9.68. The summed E-state index contributed by atoms with van der Waals surface area (Å²) in [4.78, 5) is 0. The van der Waals surface area contributed by atoms with Crippen molar-refractivity contribution in [2.24, 2.45) is 0 Å². The van der Waals surface area contributed by atoms with Gasteiger partial charge >= 0.3 is 0 Å². The number of rotatable bonds is 3. The van der Waals surface area contributed by atoms with Gasteiger partial charge in [-0.3, -0.25) is 0 Å². The molecule has 0 aliphatic rings. The normalized spacial score (nSPS) is 12.3. The van der Waals surface area contributed by atoms with Crippen molar-refractivity contribution in [3.63, 3.8) is 0 Å². The number of hydrogen-bond acceptors (Lipinski definition) is 0. The number of hydrogen-bond donors (Lipinski definition) is 0. The summed E-state index contributed by atoms with van der Waals surface area (Å²) < 4.78 is 2.39. The van der Waals surface area contributed by atoms with Crippen LogP contribution in [0.15, 0.2) is 146 Å². The van der Waals surface area contributed by atoms with Gasteiger partial charge in [-0.15, -0.1) is 0 Å². The van der Waals surface area contributed by atoms with Crippen LogP contribution < -0.4 is 0 Å². The van der Waals surface area contributed by atoms with Crippen LogP contribution in [0.25, 0.3) is 82.1 Å². The summed E-state index contributed by atoms with van der Waals surface area (Å²) in [7, 11) is 0. The number of fused-ring (bicyclic) bond motifs is 3. The van der Waals surface area contributed by atoms with Crippen LogP contribution in [0.1, 0.15) is 26.3 Å². The SMILES string of the molecule is CC(C)(C)c1cc2ccc3c(-c4ccccc4)cc(-c4ccc(-n5c6ccccc6c6ccccc65)cc4)c4ccc(c1)c2c34. The van der Waals surface area contributed by atoms with Crippen molar-refractivity contribution in [3.8, 4) is 27.9 Å². The molecule has 1 heterocycles. The molecule has 0 saturated heterocycles. The van der Waals surface area contributed by atoms with Gasteiger partial charge in [-0.2, -0.15) is 0 Å². The van der Waals surface area contributed by atoms with E-state index in [1.54, 1.807) is 0 Å². The molecule has 1 aromatic heterocycles. The highest BCUT2D eigenvalue weighted by Crippen LogP contribution is 2.45. The molecular weight excluding hydrogens is 542 g/mol. The van der Waals surface area contributed by atoms with Crippen LogP contribution in [0.4, 0.5) is 0 Å². The van der Waals surface area contributed by atoms with Gasteiger partial charge in [0.25, 0.3) is 0 Å². The molecule has 8 aromatic carbocycles. The molecule has 0 radical (unpaired) electrons. The Labute approximate surface area is 263 Å². The van der Waals surface area contributed by atoms with E-state index >= 15 is 0 Å². The molecule has 0 fully saturated rings. The summed E-state index contributed by atoms with van der Waals surface area (Å²) >= 11 is 0. The fraction of sp³-hybridized carbons (Fsp3) is 0.0909. The predicted molar refractivity (Wildman–Crippen MR) is 194 cm³/mol.